The van der Waals surface area contributed by atoms with E-state index in [1.54, 1.807) is 11.9 Å². The molecule has 2 aliphatic rings. The van der Waals surface area contributed by atoms with E-state index in [0.29, 0.717) is 13.1 Å². The molecule has 0 aromatic rings. The van der Waals surface area contributed by atoms with E-state index < -0.39 is 0 Å². The van der Waals surface area contributed by atoms with Gasteiger partial charge >= 0.3 is 11.8 Å². The minimum atomic E-state index is -0.361. The number of rotatable bonds is 1. The Morgan fingerprint density at radius 3 is 2.47 bits per heavy atom. The van der Waals surface area contributed by atoms with Crippen LogP contribution < -0.4 is 5.32 Å². The van der Waals surface area contributed by atoms with Crippen molar-refractivity contribution in [2.75, 3.05) is 33.2 Å². The number of amides is 2. The highest BCUT2D eigenvalue weighted by molar-refractivity contribution is 6.35. The molecule has 0 saturated carbocycles. The van der Waals surface area contributed by atoms with Crippen LogP contribution in [0.3, 0.4) is 0 Å². The van der Waals surface area contributed by atoms with Crippen LogP contribution in [0.1, 0.15) is 12.8 Å². The van der Waals surface area contributed by atoms with E-state index in [2.05, 4.69) is 5.32 Å². The molecule has 5 nitrogen and oxygen atoms in total. The number of carbonyl (C=O) groups excluding carboxylic acids is 2. The average Bonchev–Trinajstić information content (AvgIpc) is 2.27. The first-order valence-electron chi connectivity index (χ1n) is 5.47. The van der Waals surface area contributed by atoms with Crippen molar-refractivity contribution in [3.8, 4) is 0 Å². The molecule has 2 aliphatic heterocycles. The highest BCUT2D eigenvalue weighted by Gasteiger charge is 2.34. The van der Waals surface area contributed by atoms with Crippen molar-refractivity contribution >= 4 is 11.8 Å². The van der Waals surface area contributed by atoms with Crippen molar-refractivity contribution < 1.29 is 9.59 Å². The Labute approximate surface area is 89.4 Å². The van der Waals surface area contributed by atoms with Gasteiger partial charge in [-0.2, -0.15) is 0 Å². The quantitative estimate of drug-likeness (QED) is 0.568. The van der Waals surface area contributed by atoms with Crippen molar-refractivity contribution in [3.63, 3.8) is 0 Å². The summed E-state index contributed by atoms with van der Waals surface area (Å²) in [4.78, 5) is 26.5. The second-order valence-corrected chi connectivity index (χ2v) is 4.21. The van der Waals surface area contributed by atoms with Crippen LogP contribution in [0.15, 0.2) is 0 Å². The molecule has 0 bridgehead atoms. The normalized spacial score (nSPS) is 24.9. The molecule has 2 fully saturated rings. The minimum absolute atomic E-state index is 0.261. The molecular formula is C10H17N3O2. The topological polar surface area (TPSA) is 52.6 Å². The average molecular weight is 211 g/mol. The van der Waals surface area contributed by atoms with Crippen LogP contribution >= 0.6 is 0 Å². The smallest absolute Gasteiger partial charge is 0.312 e. The van der Waals surface area contributed by atoms with Crippen LogP contribution in [0, 0.1) is 0 Å². The zero-order chi connectivity index (χ0) is 10.8. The number of nitrogens with zero attached hydrogens (tertiary/aromatic N) is 2. The van der Waals surface area contributed by atoms with Gasteiger partial charge in [0.15, 0.2) is 0 Å². The predicted octanol–water partition coefficient (Wildman–Crippen LogP) is -0.961. The summed E-state index contributed by atoms with van der Waals surface area (Å²) in [6, 6.07) is 0.261. The molecule has 0 spiro atoms. The van der Waals surface area contributed by atoms with E-state index >= 15 is 0 Å². The molecule has 0 unspecified atom stereocenters. The summed E-state index contributed by atoms with van der Waals surface area (Å²) in [6.45, 7) is 3.23. The third kappa shape index (κ3) is 1.97. The largest absolute Gasteiger partial charge is 0.336 e. The molecule has 0 aromatic heterocycles. The summed E-state index contributed by atoms with van der Waals surface area (Å²) < 4.78 is 0. The number of piperidine rings is 1. The van der Waals surface area contributed by atoms with Gasteiger partial charge in [-0.1, -0.05) is 0 Å². The lowest BCUT2D eigenvalue weighted by atomic mass is 10.0. The monoisotopic (exact) mass is 211 g/mol. The summed E-state index contributed by atoms with van der Waals surface area (Å²) in [5.41, 5.74) is 0. The van der Waals surface area contributed by atoms with E-state index in [-0.39, 0.29) is 17.9 Å². The van der Waals surface area contributed by atoms with Gasteiger partial charge in [-0.15, -0.1) is 0 Å². The lowest BCUT2D eigenvalue weighted by Crippen LogP contribution is -2.57. The number of hydrogen-bond donors (Lipinski definition) is 1. The molecule has 2 heterocycles. The van der Waals surface area contributed by atoms with Gasteiger partial charge in [0.1, 0.15) is 0 Å². The number of nitrogens with one attached hydrogen (secondary N) is 1. The van der Waals surface area contributed by atoms with E-state index in [0.717, 1.165) is 25.9 Å². The third-order valence-corrected chi connectivity index (χ3v) is 3.22. The first-order chi connectivity index (χ1) is 7.20. The van der Waals surface area contributed by atoms with E-state index in [9.17, 15) is 9.59 Å². The SMILES string of the molecule is CN1CCN(C2CCNCC2)C(=O)C1=O. The number of likely N-dealkylation sites (N-methyl/N-ethyl adjacent to an activating group) is 1. The minimum Gasteiger partial charge on any atom is -0.336 e. The Kier molecular flexibility index (Phi) is 2.90. The van der Waals surface area contributed by atoms with Crippen LogP contribution in [-0.2, 0) is 9.59 Å². The fourth-order valence-electron chi connectivity index (χ4n) is 2.21. The van der Waals surface area contributed by atoms with Gasteiger partial charge in [0.05, 0.1) is 0 Å². The van der Waals surface area contributed by atoms with Crippen LogP contribution in [-0.4, -0.2) is 60.9 Å². The highest BCUT2D eigenvalue weighted by Crippen LogP contribution is 2.15. The summed E-state index contributed by atoms with van der Waals surface area (Å²) >= 11 is 0. The molecule has 0 radical (unpaired) electrons. The Balaban J connectivity index is 2.02. The Hall–Kier alpha value is -1.10. The Bertz CT molecular complexity index is 274. The number of hydrogen-bond acceptors (Lipinski definition) is 3. The van der Waals surface area contributed by atoms with Crippen LogP contribution in [0.5, 0.6) is 0 Å². The highest BCUT2D eigenvalue weighted by atomic mass is 16.2. The molecule has 0 atom stereocenters. The van der Waals surface area contributed by atoms with Gasteiger partial charge in [-0.25, -0.2) is 0 Å². The van der Waals surface area contributed by atoms with E-state index in [1.807, 2.05) is 0 Å². The van der Waals surface area contributed by atoms with Crippen molar-refractivity contribution in [2.24, 2.45) is 0 Å². The summed E-state index contributed by atoms with van der Waals surface area (Å²) in [5, 5.41) is 3.26. The molecule has 84 valence electrons. The number of piperazine rings is 1. The van der Waals surface area contributed by atoms with Crippen molar-refractivity contribution in [3.05, 3.63) is 0 Å². The van der Waals surface area contributed by atoms with Crippen LogP contribution in [0.25, 0.3) is 0 Å². The molecule has 2 amide bonds. The molecule has 15 heavy (non-hydrogen) atoms. The molecule has 0 aliphatic carbocycles. The Morgan fingerprint density at radius 1 is 1.13 bits per heavy atom. The molecule has 1 N–H and O–H groups in total. The standard InChI is InChI=1S/C10H17N3O2/c1-12-6-7-13(10(15)9(12)14)8-2-4-11-5-3-8/h8,11H,2-7H2,1H3. The van der Waals surface area contributed by atoms with E-state index in [1.165, 1.54) is 4.90 Å². The van der Waals surface area contributed by atoms with Gasteiger partial charge in [-0.3, -0.25) is 9.59 Å². The first kappa shape index (κ1) is 10.4. The lowest BCUT2D eigenvalue weighted by molar-refractivity contribution is -0.157. The van der Waals surface area contributed by atoms with Crippen LogP contribution in [0.2, 0.25) is 0 Å². The Morgan fingerprint density at radius 2 is 1.80 bits per heavy atom. The molecule has 2 rings (SSSR count). The number of carbonyl (C=O) groups is 2. The summed E-state index contributed by atoms with van der Waals surface area (Å²) in [7, 11) is 1.68. The van der Waals surface area contributed by atoms with Crippen molar-refractivity contribution in [1.29, 1.82) is 0 Å². The zero-order valence-corrected chi connectivity index (χ0v) is 9.03. The second-order valence-electron chi connectivity index (χ2n) is 4.21. The lowest BCUT2D eigenvalue weighted by Gasteiger charge is -2.38. The van der Waals surface area contributed by atoms with E-state index in [4.69, 9.17) is 0 Å². The second kappa shape index (κ2) is 4.18. The predicted molar refractivity (Wildman–Crippen MR) is 55.2 cm³/mol. The van der Waals surface area contributed by atoms with Crippen molar-refractivity contribution in [2.45, 2.75) is 18.9 Å². The van der Waals surface area contributed by atoms with Crippen LogP contribution in [0.4, 0.5) is 0 Å². The third-order valence-electron chi connectivity index (χ3n) is 3.22. The molecule has 5 heteroatoms. The fourth-order valence-corrected chi connectivity index (χ4v) is 2.21. The first-order valence-corrected chi connectivity index (χ1v) is 5.47. The summed E-state index contributed by atoms with van der Waals surface area (Å²) in [5.74, 6) is -0.685. The molecular weight excluding hydrogens is 194 g/mol. The van der Waals surface area contributed by atoms with Gasteiger partial charge in [0.25, 0.3) is 0 Å². The van der Waals surface area contributed by atoms with Gasteiger partial charge < -0.3 is 15.1 Å². The van der Waals surface area contributed by atoms with Crippen molar-refractivity contribution in [1.82, 2.24) is 15.1 Å². The maximum Gasteiger partial charge on any atom is 0.312 e. The molecule has 0 aromatic carbocycles. The molecule has 2 saturated heterocycles. The zero-order valence-electron chi connectivity index (χ0n) is 9.03. The summed E-state index contributed by atoms with van der Waals surface area (Å²) in [6.07, 6.45) is 1.92. The van der Waals surface area contributed by atoms with Gasteiger partial charge in [-0.05, 0) is 25.9 Å². The fraction of sp³-hybridized carbons (Fsp3) is 0.800. The van der Waals surface area contributed by atoms with Gasteiger partial charge in [0.2, 0.25) is 0 Å². The maximum atomic E-state index is 11.7. The maximum absolute atomic E-state index is 11.7. The van der Waals surface area contributed by atoms with Gasteiger partial charge in [0, 0.05) is 26.2 Å².